The van der Waals surface area contributed by atoms with Crippen LogP contribution in [0.5, 0.6) is 5.75 Å². The summed E-state index contributed by atoms with van der Waals surface area (Å²) >= 11 is 1.35. The van der Waals surface area contributed by atoms with Gasteiger partial charge in [-0.25, -0.2) is 9.67 Å². The molecule has 1 N–H and O–H groups in total. The number of aromatic nitrogens is 2. The molecule has 2 amide bonds. The molecular weight excluding hydrogens is 605 g/mol. The molecule has 2 heterocycles. The molecule has 13 heteroatoms. The number of nitrogens with zero attached hydrogens (tertiary/aromatic N) is 5. The Morgan fingerprint density at radius 1 is 1.09 bits per heavy atom. The molecule has 0 atom stereocenters. The minimum atomic E-state index is -4.82. The summed E-state index contributed by atoms with van der Waals surface area (Å²) in [6, 6.07) is 18.1. The second-order valence-corrected chi connectivity index (χ2v) is 11.4. The van der Waals surface area contributed by atoms with Crippen LogP contribution in [0.2, 0.25) is 0 Å². The summed E-state index contributed by atoms with van der Waals surface area (Å²) < 4.78 is 42.7. The Morgan fingerprint density at radius 2 is 1.82 bits per heavy atom. The van der Waals surface area contributed by atoms with Gasteiger partial charge in [0.05, 0.1) is 40.9 Å². The van der Waals surface area contributed by atoms with Gasteiger partial charge in [-0.05, 0) is 78.9 Å². The van der Waals surface area contributed by atoms with Crippen molar-refractivity contribution in [3.05, 3.63) is 101 Å². The number of rotatable bonds is 8. The Kier molecular flexibility index (Phi) is 9.09. The van der Waals surface area contributed by atoms with Crippen molar-refractivity contribution in [2.45, 2.75) is 40.0 Å². The van der Waals surface area contributed by atoms with Crippen molar-refractivity contribution in [3.8, 4) is 11.4 Å². The first-order chi connectivity index (χ1) is 21.4. The van der Waals surface area contributed by atoms with E-state index in [0.29, 0.717) is 16.5 Å². The largest absolute Gasteiger partial charge is 0.573 e. The number of alkyl halides is 3. The van der Waals surface area contributed by atoms with Crippen LogP contribution in [0.3, 0.4) is 0 Å². The van der Waals surface area contributed by atoms with Gasteiger partial charge in [-0.2, -0.15) is 15.2 Å². The van der Waals surface area contributed by atoms with Gasteiger partial charge in [-0.15, -0.1) is 13.2 Å². The molecule has 5 rings (SSSR count). The topological polar surface area (TPSA) is 101 Å². The van der Waals surface area contributed by atoms with E-state index in [1.54, 1.807) is 24.0 Å². The van der Waals surface area contributed by atoms with E-state index in [1.165, 1.54) is 28.9 Å². The third-order valence-electron chi connectivity index (χ3n) is 6.80. The Morgan fingerprint density at radius 3 is 2.51 bits per heavy atom. The van der Waals surface area contributed by atoms with Crippen molar-refractivity contribution in [2.24, 2.45) is 10.1 Å². The number of benzene rings is 3. The van der Waals surface area contributed by atoms with Gasteiger partial charge in [-0.3, -0.25) is 9.59 Å². The molecule has 232 valence electrons. The number of thioether (sulfide) groups is 1. The first-order valence-corrected chi connectivity index (χ1v) is 14.9. The van der Waals surface area contributed by atoms with E-state index >= 15 is 0 Å². The molecule has 0 bridgehead atoms. The number of halogens is 3. The maximum absolute atomic E-state index is 12.7. The minimum Gasteiger partial charge on any atom is -0.406 e. The summed E-state index contributed by atoms with van der Waals surface area (Å²) in [7, 11) is 0. The van der Waals surface area contributed by atoms with Crippen LogP contribution in [0.25, 0.3) is 5.69 Å². The number of hydrogen-bond acceptors (Lipinski definition) is 7. The molecular formula is C32H29F3N6O3S. The first kappa shape index (κ1) is 31.5. The number of amidine groups is 1. The molecule has 0 spiro atoms. The van der Waals surface area contributed by atoms with Crippen molar-refractivity contribution in [1.29, 1.82) is 0 Å². The first-order valence-electron chi connectivity index (χ1n) is 13.9. The molecule has 1 saturated heterocycles. The highest BCUT2D eigenvalue weighted by atomic mass is 32.2. The van der Waals surface area contributed by atoms with Crippen molar-refractivity contribution < 1.29 is 27.5 Å². The van der Waals surface area contributed by atoms with E-state index in [1.807, 2.05) is 49.4 Å². The predicted molar refractivity (Wildman–Crippen MR) is 169 cm³/mol. The van der Waals surface area contributed by atoms with Crippen LogP contribution in [0.4, 0.5) is 24.5 Å². The van der Waals surface area contributed by atoms with E-state index in [4.69, 9.17) is 4.99 Å². The molecule has 1 aromatic heterocycles. The lowest BCUT2D eigenvalue weighted by molar-refractivity contribution is -0.274. The smallest absolute Gasteiger partial charge is 0.406 e. The molecule has 45 heavy (non-hydrogen) atoms. The summed E-state index contributed by atoms with van der Waals surface area (Å²) in [4.78, 5) is 30.1. The van der Waals surface area contributed by atoms with Crippen LogP contribution in [0.15, 0.2) is 83.0 Å². The number of aliphatic imine (C=N–C) groups is 1. The highest BCUT2D eigenvalue weighted by molar-refractivity contribution is 8.15. The van der Waals surface area contributed by atoms with E-state index in [-0.39, 0.29) is 23.1 Å². The average Bonchev–Trinajstić information content (AvgIpc) is 3.52. The molecule has 0 radical (unpaired) electrons. The van der Waals surface area contributed by atoms with Gasteiger partial charge in [0.2, 0.25) is 0 Å². The van der Waals surface area contributed by atoms with E-state index in [0.717, 1.165) is 40.2 Å². The lowest BCUT2D eigenvalue weighted by Gasteiger charge is -2.12. The summed E-state index contributed by atoms with van der Waals surface area (Å²) in [5.74, 6) is -0.548. The third kappa shape index (κ3) is 7.60. The number of aryl methyl sites for hydroxylation is 2. The van der Waals surface area contributed by atoms with Gasteiger partial charge in [0.25, 0.3) is 11.8 Å². The Hall–Kier alpha value is -4.91. The maximum atomic E-state index is 12.7. The maximum Gasteiger partial charge on any atom is 0.573 e. The van der Waals surface area contributed by atoms with Crippen LogP contribution in [0.1, 0.15) is 52.5 Å². The van der Waals surface area contributed by atoms with Crippen LogP contribution in [0, 0.1) is 13.8 Å². The van der Waals surface area contributed by atoms with Crippen molar-refractivity contribution >= 4 is 46.3 Å². The molecule has 0 aliphatic carbocycles. The summed E-state index contributed by atoms with van der Waals surface area (Å²) in [6.45, 7) is 7.82. The average molecular weight is 635 g/mol. The monoisotopic (exact) mass is 634 g/mol. The summed E-state index contributed by atoms with van der Waals surface area (Å²) in [5.41, 5.74) is 5.42. The van der Waals surface area contributed by atoms with Gasteiger partial charge >= 0.3 is 6.36 Å². The van der Waals surface area contributed by atoms with E-state index < -0.39 is 18.0 Å². The van der Waals surface area contributed by atoms with Crippen LogP contribution >= 0.6 is 11.8 Å². The van der Waals surface area contributed by atoms with Gasteiger partial charge in [0, 0.05) is 5.56 Å². The van der Waals surface area contributed by atoms with Crippen molar-refractivity contribution in [1.82, 2.24) is 14.8 Å². The van der Waals surface area contributed by atoms with Crippen LogP contribution in [-0.4, -0.2) is 50.1 Å². The quantitative estimate of drug-likeness (QED) is 0.204. The molecule has 3 aromatic carbocycles. The fourth-order valence-electron chi connectivity index (χ4n) is 4.58. The van der Waals surface area contributed by atoms with Gasteiger partial charge < -0.3 is 10.1 Å². The molecule has 1 fully saturated rings. The number of anilines is 1. The van der Waals surface area contributed by atoms with E-state index in [9.17, 15) is 22.8 Å². The van der Waals surface area contributed by atoms with Crippen LogP contribution < -0.4 is 10.1 Å². The molecule has 4 aromatic rings. The second-order valence-electron chi connectivity index (χ2n) is 10.5. The highest BCUT2D eigenvalue weighted by Gasteiger charge is 2.31. The fraction of sp³-hybridized carbons (Fsp3) is 0.219. The standard InChI is InChI=1S/C32H29F3N6O3S/c1-19(2)25-7-5-6-8-26(25)38-31-41(29(42)18-45-31)36-16-22-9-14-28(20(3)15-22)40-17-27(21(4)39-40)37-30(43)23-10-12-24(13-11-23)44-32(33,34)35/h5-17,19H,18H2,1-4H3,(H,37,43)/b36-16+,38-31?. The second kappa shape index (κ2) is 13.0. The molecule has 1 aliphatic rings. The van der Waals surface area contributed by atoms with E-state index in [2.05, 4.69) is 34.1 Å². The number of amides is 2. The normalized spacial score (nSPS) is 14.6. The SMILES string of the molecule is Cc1cc(/C=N/N2C(=O)CSC2=Nc2ccccc2C(C)C)ccc1-n1cc(NC(=O)c2ccc(OC(F)(F)F)cc2)c(C)n1. The highest BCUT2D eigenvalue weighted by Crippen LogP contribution is 2.30. The Labute approximate surface area is 261 Å². The number of nitrogens with one attached hydrogen (secondary N) is 1. The number of ether oxygens (including phenoxy) is 1. The van der Waals surface area contributed by atoms with Crippen molar-refractivity contribution in [2.75, 3.05) is 11.1 Å². The lowest BCUT2D eigenvalue weighted by atomic mass is 10.0. The number of hydrazone groups is 1. The summed E-state index contributed by atoms with van der Waals surface area (Å²) in [5, 5.41) is 13.5. The number of para-hydroxylation sites is 1. The number of hydrogen-bond donors (Lipinski definition) is 1. The molecule has 0 saturated carbocycles. The minimum absolute atomic E-state index is 0.155. The van der Waals surface area contributed by atoms with Gasteiger partial charge in [0.15, 0.2) is 5.17 Å². The van der Waals surface area contributed by atoms with Gasteiger partial charge in [-0.1, -0.05) is 49.9 Å². The summed E-state index contributed by atoms with van der Waals surface area (Å²) in [6.07, 6.45) is -1.55. The Balaban J connectivity index is 1.29. The van der Waals surface area contributed by atoms with Crippen LogP contribution in [-0.2, 0) is 4.79 Å². The molecule has 9 nitrogen and oxygen atoms in total. The Bertz CT molecular complexity index is 1800. The fourth-order valence-corrected chi connectivity index (χ4v) is 5.39. The zero-order chi connectivity index (χ0) is 32.3. The van der Waals surface area contributed by atoms with Crippen molar-refractivity contribution in [3.63, 3.8) is 0 Å². The van der Waals surface area contributed by atoms with Gasteiger partial charge in [0.1, 0.15) is 5.75 Å². The number of carbonyl (C=O) groups excluding carboxylic acids is 2. The zero-order valence-electron chi connectivity index (χ0n) is 24.8. The zero-order valence-corrected chi connectivity index (χ0v) is 25.6. The number of carbonyl (C=O) groups is 2. The lowest BCUT2D eigenvalue weighted by Crippen LogP contribution is -2.23. The predicted octanol–water partition coefficient (Wildman–Crippen LogP) is 7.36. The molecule has 1 aliphatic heterocycles. The molecule has 0 unspecified atom stereocenters. The third-order valence-corrected chi connectivity index (χ3v) is 7.72.